The molecule has 7 heteroatoms. The van der Waals surface area contributed by atoms with Gasteiger partial charge in [-0.3, -0.25) is 9.89 Å². The van der Waals surface area contributed by atoms with E-state index in [1.807, 2.05) is 9.80 Å². The van der Waals surface area contributed by atoms with Gasteiger partial charge in [0, 0.05) is 43.7 Å². The third kappa shape index (κ3) is 3.56. The van der Waals surface area contributed by atoms with E-state index in [1.54, 1.807) is 0 Å². The second-order valence-corrected chi connectivity index (χ2v) is 8.21. The number of H-pyrrole nitrogens is 1. The van der Waals surface area contributed by atoms with Crippen molar-refractivity contribution in [1.82, 2.24) is 20.0 Å². The summed E-state index contributed by atoms with van der Waals surface area (Å²) in [5.74, 6) is 0.0185. The predicted molar refractivity (Wildman–Crippen MR) is 101 cm³/mol. The molecule has 0 saturated carbocycles. The molecule has 0 aromatic carbocycles. The van der Waals surface area contributed by atoms with E-state index in [4.69, 9.17) is 4.74 Å². The average molecular weight is 374 g/mol. The van der Waals surface area contributed by atoms with E-state index in [1.165, 1.54) is 12.8 Å². The van der Waals surface area contributed by atoms with Gasteiger partial charge in [-0.1, -0.05) is 26.2 Å². The molecule has 2 fully saturated rings. The maximum absolute atomic E-state index is 12.9. The number of aryl methyl sites for hydroxylation is 1. The van der Waals surface area contributed by atoms with Gasteiger partial charge in [-0.15, -0.1) is 0 Å². The summed E-state index contributed by atoms with van der Waals surface area (Å²) in [5.41, 5.74) is 2.41. The number of aromatic amines is 1. The summed E-state index contributed by atoms with van der Waals surface area (Å²) in [7, 11) is 0. The normalized spacial score (nSPS) is 21.0. The van der Waals surface area contributed by atoms with Crippen molar-refractivity contribution in [3.05, 3.63) is 17.0 Å². The fourth-order valence-electron chi connectivity index (χ4n) is 4.62. The topological polar surface area (TPSA) is 78.5 Å². The van der Waals surface area contributed by atoms with Crippen molar-refractivity contribution in [2.24, 2.45) is 0 Å². The molecule has 2 aliphatic heterocycles. The van der Waals surface area contributed by atoms with Crippen LogP contribution in [-0.2, 0) is 17.6 Å². The zero-order valence-electron chi connectivity index (χ0n) is 16.3. The molecule has 0 unspecified atom stereocenters. The Bertz CT molecular complexity index is 706. The molecule has 1 spiro atoms. The average Bonchev–Trinajstić information content (AvgIpc) is 3.34. The second kappa shape index (κ2) is 7.52. The van der Waals surface area contributed by atoms with E-state index in [2.05, 4.69) is 17.1 Å². The Morgan fingerprint density at radius 2 is 2.04 bits per heavy atom. The highest BCUT2D eigenvalue weighted by Crippen LogP contribution is 2.34. The van der Waals surface area contributed by atoms with Crippen LogP contribution in [0.15, 0.2) is 0 Å². The number of nitrogens with zero attached hydrogens (tertiary/aromatic N) is 3. The summed E-state index contributed by atoms with van der Waals surface area (Å²) in [4.78, 5) is 28.9. The molecule has 3 aliphatic rings. The van der Waals surface area contributed by atoms with Crippen LogP contribution in [-0.4, -0.2) is 63.8 Å². The molecule has 0 atom stereocenters. The lowest BCUT2D eigenvalue weighted by atomic mass is 9.91. The minimum atomic E-state index is -0.411. The molecule has 7 nitrogen and oxygen atoms in total. The van der Waals surface area contributed by atoms with Crippen LogP contribution < -0.4 is 0 Å². The lowest BCUT2D eigenvalue weighted by Crippen LogP contribution is -2.49. The predicted octanol–water partition coefficient (Wildman–Crippen LogP) is 2.91. The molecular formula is C20H30N4O3. The van der Waals surface area contributed by atoms with Crippen molar-refractivity contribution >= 4 is 12.0 Å². The third-order valence-electron chi connectivity index (χ3n) is 6.29. The zero-order valence-corrected chi connectivity index (χ0v) is 16.3. The van der Waals surface area contributed by atoms with Gasteiger partial charge in [-0.25, -0.2) is 4.79 Å². The summed E-state index contributed by atoms with van der Waals surface area (Å²) in [6.07, 6.45) is 8.85. The Hall–Kier alpha value is -2.05. The van der Waals surface area contributed by atoms with E-state index in [9.17, 15) is 9.59 Å². The van der Waals surface area contributed by atoms with Crippen LogP contribution in [0.4, 0.5) is 4.79 Å². The molecule has 1 N–H and O–H groups in total. The van der Waals surface area contributed by atoms with Gasteiger partial charge < -0.3 is 14.5 Å². The summed E-state index contributed by atoms with van der Waals surface area (Å²) in [6.45, 7) is 4.88. The highest BCUT2D eigenvalue weighted by Gasteiger charge is 2.47. The third-order valence-corrected chi connectivity index (χ3v) is 6.29. The minimum absolute atomic E-state index is 0.0185. The number of aromatic nitrogens is 2. The van der Waals surface area contributed by atoms with Gasteiger partial charge in [0.15, 0.2) is 5.69 Å². The van der Waals surface area contributed by atoms with E-state index in [-0.39, 0.29) is 12.0 Å². The molecule has 148 valence electrons. The van der Waals surface area contributed by atoms with Gasteiger partial charge in [-0.05, 0) is 25.7 Å². The van der Waals surface area contributed by atoms with Crippen molar-refractivity contribution in [3.63, 3.8) is 0 Å². The highest BCUT2D eigenvalue weighted by atomic mass is 16.6. The molecule has 3 heterocycles. The number of ether oxygens (including phenoxy) is 1. The van der Waals surface area contributed by atoms with Gasteiger partial charge in [0.1, 0.15) is 5.60 Å². The summed E-state index contributed by atoms with van der Waals surface area (Å²) < 4.78 is 5.78. The van der Waals surface area contributed by atoms with E-state index in [0.29, 0.717) is 38.2 Å². The molecule has 1 aromatic rings. The summed E-state index contributed by atoms with van der Waals surface area (Å²) in [6, 6.07) is 0. The van der Waals surface area contributed by atoms with Crippen molar-refractivity contribution < 1.29 is 14.3 Å². The van der Waals surface area contributed by atoms with Crippen molar-refractivity contribution in [3.8, 4) is 0 Å². The minimum Gasteiger partial charge on any atom is -0.441 e. The molecular weight excluding hydrogens is 344 g/mol. The largest absolute Gasteiger partial charge is 0.441 e. The molecule has 2 amide bonds. The second-order valence-electron chi connectivity index (χ2n) is 8.21. The monoisotopic (exact) mass is 374 g/mol. The van der Waals surface area contributed by atoms with Crippen LogP contribution in [0.1, 0.15) is 73.6 Å². The lowest BCUT2D eigenvalue weighted by Gasteiger charge is -2.37. The maximum atomic E-state index is 12.9. The van der Waals surface area contributed by atoms with Crippen LogP contribution in [0.25, 0.3) is 0 Å². The van der Waals surface area contributed by atoms with Crippen LogP contribution in [0.2, 0.25) is 0 Å². The van der Waals surface area contributed by atoms with E-state index >= 15 is 0 Å². The van der Waals surface area contributed by atoms with Gasteiger partial charge in [0.25, 0.3) is 5.91 Å². The van der Waals surface area contributed by atoms with Gasteiger partial charge in [0.05, 0.1) is 6.54 Å². The van der Waals surface area contributed by atoms with Crippen LogP contribution in [0.5, 0.6) is 0 Å². The van der Waals surface area contributed by atoms with Crippen molar-refractivity contribution in [2.45, 2.75) is 70.3 Å². The molecule has 0 radical (unpaired) electrons. The zero-order chi connectivity index (χ0) is 18.9. The first kappa shape index (κ1) is 18.3. The van der Waals surface area contributed by atoms with Crippen molar-refractivity contribution in [2.75, 3.05) is 26.2 Å². The highest BCUT2D eigenvalue weighted by molar-refractivity contribution is 5.94. The van der Waals surface area contributed by atoms with Gasteiger partial charge in [0.2, 0.25) is 0 Å². The number of nitrogens with one attached hydrogen (secondary N) is 1. The maximum Gasteiger partial charge on any atom is 0.410 e. The van der Waals surface area contributed by atoms with Crippen molar-refractivity contribution in [1.29, 1.82) is 0 Å². The Labute approximate surface area is 160 Å². The number of amides is 2. The fourth-order valence-corrected chi connectivity index (χ4v) is 4.62. The molecule has 2 saturated heterocycles. The first-order valence-corrected chi connectivity index (χ1v) is 10.5. The fraction of sp³-hybridized carbons (Fsp3) is 0.750. The first-order valence-electron chi connectivity index (χ1n) is 10.5. The lowest BCUT2D eigenvalue weighted by molar-refractivity contribution is 0.00294. The van der Waals surface area contributed by atoms with E-state index in [0.717, 1.165) is 49.9 Å². The number of carbonyl (C=O) groups is 2. The number of hydrogen-bond acceptors (Lipinski definition) is 4. The Morgan fingerprint density at radius 3 is 2.81 bits per heavy atom. The molecule has 27 heavy (non-hydrogen) atoms. The Kier molecular flexibility index (Phi) is 5.10. The smallest absolute Gasteiger partial charge is 0.410 e. The Balaban J connectivity index is 1.32. The number of unbranched alkanes of at least 4 members (excludes halogenated alkanes) is 3. The number of fused-ring (bicyclic) bond motifs is 1. The number of piperidine rings is 1. The first-order chi connectivity index (χ1) is 13.1. The molecule has 4 rings (SSSR count). The summed E-state index contributed by atoms with van der Waals surface area (Å²) >= 11 is 0. The number of rotatable bonds is 6. The SMILES string of the molecule is CCCCCCN1CC2(CCN(C(=O)c3n[nH]c4c3CCC4)CC2)OC1=O. The van der Waals surface area contributed by atoms with Gasteiger partial charge in [-0.2, -0.15) is 5.10 Å². The molecule has 1 aliphatic carbocycles. The van der Waals surface area contributed by atoms with Crippen LogP contribution >= 0.6 is 0 Å². The van der Waals surface area contributed by atoms with E-state index < -0.39 is 5.60 Å². The van der Waals surface area contributed by atoms with Crippen LogP contribution in [0, 0.1) is 0 Å². The molecule has 0 bridgehead atoms. The number of carbonyl (C=O) groups excluding carboxylic acids is 2. The standard InChI is InChI=1S/C20H30N4O3/c1-2-3-4-5-11-24-14-20(27-19(24)26)9-12-23(13-10-20)18(25)17-15-7-6-8-16(15)21-22-17/h2-14H2,1H3,(H,21,22). The Morgan fingerprint density at radius 1 is 1.22 bits per heavy atom. The van der Waals surface area contributed by atoms with Crippen LogP contribution in [0.3, 0.4) is 0 Å². The summed E-state index contributed by atoms with van der Waals surface area (Å²) in [5, 5.41) is 7.29. The number of likely N-dealkylation sites (tertiary alicyclic amines) is 1. The number of hydrogen-bond donors (Lipinski definition) is 1. The van der Waals surface area contributed by atoms with Gasteiger partial charge >= 0.3 is 6.09 Å². The quantitative estimate of drug-likeness (QED) is 0.777. The molecule has 1 aromatic heterocycles.